The Hall–Kier alpha value is -2.40. The summed E-state index contributed by atoms with van der Waals surface area (Å²) in [5.74, 6) is -1.67. The van der Waals surface area contributed by atoms with Crippen molar-refractivity contribution in [2.24, 2.45) is 0 Å². The maximum absolute atomic E-state index is 11.7. The van der Waals surface area contributed by atoms with Gasteiger partial charge in [0.1, 0.15) is 0 Å². The summed E-state index contributed by atoms with van der Waals surface area (Å²) in [4.78, 5) is 22.1. The molecule has 20 heavy (non-hydrogen) atoms. The summed E-state index contributed by atoms with van der Waals surface area (Å²) in [6.45, 7) is -0.290. The molecule has 2 rings (SSSR count). The summed E-state index contributed by atoms with van der Waals surface area (Å²) in [6, 6.07) is 13.5. The molecule has 1 unspecified atom stereocenters. The third-order valence-electron chi connectivity index (χ3n) is 2.96. The van der Waals surface area contributed by atoms with E-state index in [1.165, 1.54) is 0 Å². The number of carboxylic acid groups (broad SMARTS) is 1. The molecule has 0 heterocycles. The molecule has 2 aromatic carbocycles. The number of rotatable bonds is 5. The highest BCUT2D eigenvalue weighted by Crippen LogP contribution is 2.15. The van der Waals surface area contributed by atoms with E-state index in [9.17, 15) is 9.59 Å². The van der Waals surface area contributed by atoms with Crippen molar-refractivity contribution < 1.29 is 19.8 Å². The molecule has 0 saturated carbocycles. The van der Waals surface area contributed by atoms with Gasteiger partial charge in [-0.15, -0.1) is 0 Å². The van der Waals surface area contributed by atoms with E-state index < -0.39 is 12.1 Å². The molecule has 0 bridgehead atoms. The van der Waals surface area contributed by atoms with Gasteiger partial charge in [-0.25, -0.2) is 4.79 Å². The van der Waals surface area contributed by atoms with Gasteiger partial charge < -0.3 is 15.5 Å². The lowest BCUT2D eigenvalue weighted by molar-refractivity contribution is -0.146. The van der Waals surface area contributed by atoms with Crippen LogP contribution in [0.3, 0.4) is 0 Å². The zero-order valence-corrected chi connectivity index (χ0v) is 10.7. The smallest absolute Gasteiger partial charge is 0.334 e. The van der Waals surface area contributed by atoms with E-state index in [4.69, 9.17) is 10.2 Å². The van der Waals surface area contributed by atoms with Gasteiger partial charge in [0.05, 0.1) is 13.0 Å². The van der Waals surface area contributed by atoms with Gasteiger partial charge in [-0.1, -0.05) is 42.5 Å². The average Bonchev–Trinajstić information content (AvgIpc) is 2.44. The second-order valence-corrected chi connectivity index (χ2v) is 4.52. The van der Waals surface area contributed by atoms with Crippen molar-refractivity contribution in [3.05, 3.63) is 48.0 Å². The number of amides is 1. The topological polar surface area (TPSA) is 86.6 Å². The van der Waals surface area contributed by atoms with Crippen molar-refractivity contribution >= 4 is 22.6 Å². The zero-order chi connectivity index (χ0) is 14.5. The number of benzene rings is 2. The van der Waals surface area contributed by atoms with Crippen molar-refractivity contribution in [1.82, 2.24) is 5.32 Å². The number of hydrogen-bond donors (Lipinski definition) is 3. The van der Waals surface area contributed by atoms with Crippen molar-refractivity contribution in [3.8, 4) is 0 Å². The maximum atomic E-state index is 11.7. The van der Waals surface area contributed by atoms with Gasteiger partial charge in [0.15, 0.2) is 6.10 Å². The van der Waals surface area contributed by atoms with Gasteiger partial charge in [-0.05, 0) is 16.3 Å². The first-order chi connectivity index (χ1) is 9.56. The summed E-state index contributed by atoms with van der Waals surface area (Å²) < 4.78 is 0. The molecule has 0 saturated heterocycles. The molecule has 104 valence electrons. The molecule has 0 aliphatic heterocycles. The number of hydrogen-bond acceptors (Lipinski definition) is 3. The minimum atomic E-state index is -1.57. The average molecular weight is 273 g/mol. The predicted octanol–water partition coefficient (Wildman–Crippen LogP) is 0.944. The quantitative estimate of drug-likeness (QED) is 0.757. The van der Waals surface area contributed by atoms with Crippen LogP contribution in [-0.4, -0.2) is 34.7 Å². The van der Waals surface area contributed by atoms with Crippen LogP contribution in [0.2, 0.25) is 0 Å². The first-order valence-electron chi connectivity index (χ1n) is 6.21. The monoisotopic (exact) mass is 273 g/mol. The van der Waals surface area contributed by atoms with Crippen LogP contribution in [0.25, 0.3) is 10.8 Å². The minimum Gasteiger partial charge on any atom is -0.479 e. The summed E-state index contributed by atoms with van der Waals surface area (Å²) in [6.07, 6.45) is -1.42. The van der Waals surface area contributed by atoms with Gasteiger partial charge in [0.2, 0.25) is 5.91 Å². The Bertz CT molecular complexity index is 639. The number of aliphatic carboxylic acids is 1. The zero-order valence-electron chi connectivity index (χ0n) is 10.7. The van der Waals surface area contributed by atoms with E-state index in [0.29, 0.717) is 0 Å². The molecule has 0 aliphatic rings. The summed E-state index contributed by atoms with van der Waals surface area (Å²) in [5.41, 5.74) is 0.839. The van der Waals surface area contributed by atoms with Crippen molar-refractivity contribution in [1.29, 1.82) is 0 Å². The van der Waals surface area contributed by atoms with E-state index in [0.717, 1.165) is 16.3 Å². The van der Waals surface area contributed by atoms with E-state index >= 15 is 0 Å². The highest BCUT2D eigenvalue weighted by atomic mass is 16.4. The number of aliphatic hydroxyl groups is 1. The Kier molecular flexibility index (Phi) is 4.32. The Labute approximate surface area is 115 Å². The third-order valence-corrected chi connectivity index (χ3v) is 2.96. The Morgan fingerprint density at radius 3 is 2.50 bits per heavy atom. The van der Waals surface area contributed by atoms with Crippen LogP contribution in [0.4, 0.5) is 0 Å². The molecule has 3 N–H and O–H groups in total. The van der Waals surface area contributed by atoms with Gasteiger partial charge in [-0.3, -0.25) is 4.79 Å². The molecule has 2 aromatic rings. The molecule has 5 nitrogen and oxygen atoms in total. The largest absolute Gasteiger partial charge is 0.479 e. The van der Waals surface area contributed by atoms with E-state index in [2.05, 4.69) is 5.32 Å². The highest BCUT2D eigenvalue weighted by molar-refractivity contribution is 5.85. The molecule has 5 heteroatoms. The first-order valence-corrected chi connectivity index (χ1v) is 6.21. The Morgan fingerprint density at radius 2 is 1.80 bits per heavy atom. The summed E-state index contributed by atoms with van der Waals surface area (Å²) in [5, 5.41) is 22.1. The maximum Gasteiger partial charge on any atom is 0.334 e. The van der Waals surface area contributed by atoms with Gasteiger partial charge in [-0.2, -0.15) is 0 Å². The Balaban J connectivity index is 1.97. The van der Waals surface area contributed by atoms with Gasteiger partial charge in [0.25, 0.3) is 0 Å². The highest BCUT2D eigenvalue weighted by Gasteiger charge is 2.14. The fourth-order valence-electron chi connectivity index (χ4n) is 1.89. The number of fused-ring (bicyclic) bond motifs is 1. The van der Waals surface area contributed by atoms with E-state index in [1.807, 2.05) is 42.5 Å². The van der Waals surface area contributed by atoms with Crippen LogP contribution >= 0.6 is 0 Å². The fourth-order valence-corrected chi connectivity index (χ4v) is 1.89. The molecule has 0 radical (unpaired) electrons. The van der Waals surface area contributed by atoms with Crippen LogP contribution in [0.5, 0.6) is 0 Å². The van der Waals surface area contributed by atoms with Crippen molar-refractivity contribution in [3.63, 3.8) is 0 Å². The minimum absolute atomic E-state index is 0.150. The number of carbonyl (C=O) groups is 2. The van der Waals surface area contributed by atoms with Gasteiger partial charge >= 0.3 is 5.97 Å². The lowest BCUT2D eigenvalue weighted by Crippen LogP contribution is -2.37. The normalized spacial score (nSPS) is 12.1. The lowest BCUT2D eigenvalue weighted by Gasteiger charge is -2.08. The fraction of sp³-hybridized carbons (Fsp3) is 0.200. The van der Waals surface area contributed by atoms with Crippen molar-refractivity contribution in [2.75, 3.05) is 6.54 Å². The standard InChI is InChI=1S/C15H15NO4/c17-13(15(19)20)9-16-14(18)8-10-5-6-11-3-1-2-4-12(11)7-10/h1-7,13,17H,8-9H2,(H,16,18)(H,19,20). The molecule has 0 fully saturated rings. The molecule has 1 atom stereocenters. The second kappa shape index (κ2) is 6.16. The summed E-state index contributed by atoms with van der Waals surface area (Å²) >= 11 is 0. The molecule has 0 aromatic heterocycles. The number of carbonyl (C=O) groups excluding carboxylic acids is 1. The van der Waals surface area contributed by atoms with Crippen molar-refractivity contribution in [2.45, 2.75) is 12.5 Å². The van der Waals surface area contributed by atoms with Crippen LogP contribution < -0.4 is 5.32 Å². The Morgan fingerprint density at radius 1 is 1.10 bits per heavy atom. The molecular weight excluding hydrogens is 258 g/mol. The van der Waals surface area contributed by atoms with Crippen LogP contribution in [0.15, 0.2) is 42.5 Å². The van der Waals surface area contributed by atoms with Crippen LogP contribution in [-0.2, 0) is 16.0 Å². The number of nitrogens with one attached hydrogen (secondary N) is 1. The lowest BCUT2D eigenvalue weighted by atomic mass is 10.0. The van der Waals surface area contributed by atoms with E-state index in [-0.39, 0.29) is 18.9 Å². The van der Waals surface area contributed by atoms with Gasteiger partial charge in [0, 0.05) is 0 Å². The first kappa shape index (κ1) is 14.0. The summed E-state index contributed by atoms with van der Waals surface area (Å²) in [7, 11) is 0. The molecular formula is C15H15NO4. The molecule has 1 amide bonds. The van der Waals surface area contributed by atoms with E-state index in [1.54, 1.807) is 0 Å². The predicted molar refractivity (Wildman–Crippen MR) is 74.3 cm³/mol. The second-order valence-electron chi connectivity index (χ2n) is 4.52. The van der Waals surface area contributed by atoms with Crippen LogP contribution in [0.1, 0.15) is 5.56 Å². The molecule has 0 aliphatic carbocycles. The number of aliphatic hydroxyl groups excluding tert-OH is 1. The SMILES string of the molecule is O=C(Cc1ccc2ccccc2c1)NCC(O)C(=O)O. The molecule has 0 spiro atoms. The third kappa shape index (κ3) is 3.55. The number of carboxylic acids is 1. The van der Waals surface area contributed by atoms with Crippen LogP contribution in [0, 0.1) is 0 Å².